The van der Waals surface area contributed by atoms with Gasteiger partial charge < -0.3 is 4.98 Å². The SMILES string of the molecule is Fc1ccc2nccc(C3CCN([C@@H](c4nc5ccc(Cl)cc5[nH]4)C4CC4)CC3)c2c1. The Morgan fingerprint density at radius 1 is 1.00 bits per heavy atom. The number of nitrogens with zero attached hydrogens (tertiary/aromatic N) is 3. The molecule has 1 aliphatic carbocycles. The summed E-state index contributed by atoms with van der Waals surface area (Å²) < 4.78 is 13.9. The molecule has 3 heterocycles. The van der Waals surface area contributed by atoms with Crippen LogP contribution in [0.2, 0.25) is 5.02 Å². The van der Waals surface area contributed by atoms with Crippen molar-refractivity contribution in [3.8, 4) is 0 Å². The lowest BCUT2D eigenvalue weighted by Gasteiger charge is -2.37. The fourth-order valence-corrected chi connectivity index (χ4v) is 5.40. The monoisotopic (exact) mass is 434 g/mol. The zero-order valence-corrected chi connectivity index (χ0v) is 17.9. The van der Waals surface area contributed by atoms with Crippen molar-refractivity contribution in [2.24, 2.45) is 5.92 Å². The van der Waals surface area contributed by atoms with Gasteiger partial charge in [0, 0.05) is 16.6 Å². The van der Waals surface area contributed by atoms with Gasteiger partial charge in [0.25, 0.3) is 0 Å². The molecule has 158 valence electrons. The van der Waals surface area contributed by atoms with E-state index < -0.39 is 0 Å². The summed E-state index contributed by atoms with van der Waals surface area (Å²) in [6.45, 7) is 2.03. The van der Waals surface area contributed by atoms with Crippen molar-refractivity contribution in [1.29, 1.82) is 0 Å². The van der Waals surface area contributed by atoms with Gasteiger partial charge in [-0.05, 0) is 98.6 Å². The first-order valence-corrected chi connectivity index (χ1v) is 11.5. The van der Waals surface area contributed by atoms with Crippen molar-refractivity contribution >= 4 is 33.5 Å². The number of imidazole rings is 1. The van der Waals surface area contributed by atoms with Gasteiger partial charge in [-0.25, -0.2) is 9.37 Å². The number of aromatic amines is 1. The fourth-order valence-electron chi connectivity index (χ4n) is 5.23. The predicted molar refractivity (Wildman–Crippen MR) is 122 cm³/mol. The molecule has 1 N–H and O–H groups in total. The number of piperidine rings is 1. The van der Waals surface area contributed by atoms with Crippen LogP contribution in [0.4, 0.5) is 4.39 Å². The van der Waals surface area contributed by atoms with Crippen LogP contribution < -0.4 is 0 Å². The molecule has 1 aliphatic heterocycles. The topological polar surface area (TPSA) is 44.8 Å². The van der Waals surface area contributed by atoms with Gasteiger partial charge in [0.05, 0.1) is 22.6 Å². The number of hydrogen-bond acceptors (Lipinski definition) is 3. The summed E-state index contributed by atoms with van der Waals surface area (Å²) in [5.74, 6) is 1.97. The van der Waals surface area contributed by atoms with E-state index in [9.17, 15) is 4.39 Å². The molecule has 1 saturated heterocycles. The minimum atomic E-state index is -0.196. The van der Waals surface area contributed by atoms with Crippen LogP contribution in [0.25, 0.3) is 21.9 Å². The number of H-pyrrole nitrogens is 1. The molecule has 31 heavy (non-hydrogen) atoms. The van der Waals surface area contributed by atoms with Crippen LogP contribution in [0.1, 0.15) is 49.0 Å². The molecule has 0 bridgehead atoms. The Hall–Kier alpha value is -2.50. The van der Waals surface area contributed by atoms with Crippen LogP contribution in [0, 0.1) is 11.7 Å². The molecule has 2 fully saturated rings. The first-order valence-electron chi connectivity index (χ1n) is 11.1. The van der Waals surface area contributed by atoms with E-state index in [4.69, 9.17) is 16.6 Å². The number of halogens is 2. The van der Waals surface area contributed by atoms with Crippen LogP contribution in [0.3, 0.4) is 0 Å². The highest BCUT2D eigenvalue weighted by molar-refractivity contribution is 6.31. The molecule has 2 aromatic heterocycles. The Kier molecular flexibility index (Phi) is 4.69. The summed E-state index contributed by atoms with van der Waals surface area (Å²) >= 11 is 6.17. The lowest BCUT2D eigenvalue weighted by atomic mass is 9.86. The molecule has 0 radical (unpaired) electrons. The molecule has 4 aromatic rings. The molecule has 0 unspecified atom stereocenters. The van der Waals surface area contributed by atoms with Crippen molar-refractivity contribution in [3.05, 3.63) is 70.9 Å². The number of aromatic nitrogens is 3. The van der Waals surface area contributed by atoms with Gasteiger partial charge in [0.15, 0.2) is 0 Å². The molecule has 0 amide bonds. The van der Waals surface area contributed by atoms with Crippen molar-refractivity contribution in [2.45, 2.75) is 37.6 Å². The van der Waals surface area contributed by atoms with E-state index in [1.807, 2.05) is 24.4 Å². The summed E-state index contributed by atoms with van der Waals surface area (Å²) in [7, 11) is 0. The molecule has 6 rings (SSSR count). The van der Waals surface area contributed by atoms with Gasteiger partial charge in [-0.3, -0.25) is 9.88 Å². The Morgan fingerprint density at radius 3 is 2.61 bits per heavy atom. The van der Waals surface area contributed by atoms with Crippen LogP contribution in [-0.4, -0.2) is 32.9 Å². The largest absolute Gasteiger partial charge is 0.341 e. The average molecular weight is 435 g/mol. The number of benzene rings is 2. The smallest absolute Gasteiger partial charge is 0.124 e. The highest BCUT2D eigenvalue weighted by Crippen LogP contribution is 2.46. The maximum Gasteiger partial charge on any atom is 0.124 e. The van der Waals surface area contributed by atoms with E-state index in [1.54, 1.807) is 12.1 Å². The molecule has 1 atom stereocenters. The number of rotatable bonds is 4. The Balaban J connectivity index is 1.25. The first-order chi connectivity index (χ1) is 15.2. The third kappa shape index (κ3) is 3.60. The van der Waals surface area contributed by atoms with Crippen molar-refractivity contribution in [2.75, 3.05) is 13.1 Å². The van der Waals surface area contributed by atoms with Crippen molar-refractivity contribution < 1.29 is 4.39 Å². The zero-order chi connectivity index (χ0) is 20.9. The van der Waals surface area contributed by atoms with Gasteiger partial charge in [0.2, 0.25) is 0 Å². The number of hydrogen-bond donors (Lipinski definition) is 1. The van der Waals surface area contributed by atoms with Crippen LogP contribution in [0.5, 0.6) is 0 Å². The third-order valence-electron chi connectivity index (χ3n) is 6.91. The quantitative estimate of drug-likeness (QED) is 0.413. The summed E-state index contributed by atoms with van der Waals surface area (Å²) in [6.07, 6.45) is 6.50. The summed E-state index contributed by atoms with van der Waals surface area (Å²) in [4.78, 5) is 15.5. The van der Waals surface area contributed by atoms with E-state index in [1.165, 1.54) is 24.5 Å². The summed E-state index contributed by atoms with van der Waals surface area (Å²) in [6, 6.07) is 13.1. The minimum Gasteiger partial charge on any atom is -0.341 e. The highest BCUT2D eigenvalue weighted by Gasteiger charge is 2.39. The number of nitrogens with one attached hydrogen (secondary N) is 1. The van der Waals surface area contributed by atoms with Gasteiger partial charge in [-0.1, -0.05) is 11.6 Å². The Morgan fingerprint density at radius 2 is 1.81 bits per heavy atom. The summed E-state index contributed by atoms with van der Waals surface area (Å²) in [5.41, 5.74) is 4.09. The lowest BCUT2D eigenvalue weighted by Crippen LogP contribution is -2.37. The lowest BCUT2D eigenvalue weighted by molar-refractivity contribution is 0.131. The molecule has 4 nitrogen and oxygen atoms in total. The molecular weight excluding hydrogens is 411 g/mol. The standard InChI is InChI=1S/C25H24ClFN4/c26-17-3-5-22-23(13-17)30-25(29-22)24(16-1-2-16)31-11-8-15(9-12-31)19-7-10-28-21-6-4-18(27)14-20(19)21/h3-7,10,13-16,24H,1-2,8-9,11-12H2,(H,29,30)/t24-/m1/s1. The fraction of sp³-hybridized carbons (Fsp3) is 0.360. The minimum absolute atomic E-state index is 0.196. The zero-order valence-electron chi connectivity index (χ0n) is 17.2. The summed E-state index contributed by atoms with van der Waals surface area (Å²) in [5, 5.41) is 1.68. The van der Waals surface area contributed by atoms with Crippen LogP contribution >= 0.6 is 11.6 Å². The highest BCUT2D eigenvalue weighted by atomic mass is 35.5. The maximum atomic E-state index is 13.9. The van der Waals surface area contributed by atoms with E-state index >= 15 is 0 Å². The molecule has 1 saturated carbocycles. The normalized spacial score (nSPS) is 19.3. The molecule has 2 aliphatic rings. The van der Waals surface area contributed by atoms with Crippen molar-refractivity contribution in [1.82, 2.24) is 19.9 Å². The Labute approximate surface area is 185 Å². The van der Waals surface area contributed by atoms with E-state index in [0.717, 1.165) is 58.7 Å². The predicted octanol–water partition coefficient (Wildman–Crippen LogP) is 6.23. The van der Waals surface area contributed by atoms with Crippen LogP contribution in [-0.2, 0) is 0 Å². The first kappa shape index (κ1) is 19.2. The number of likely N-dealkylation sites (tertiary alicyclic amines) is 1. The second kappa shape index (κ2) is 7.57. The van der Waals surface area contributed by atoms with Gasteiger partial charge in [-0.15, -0.1) is 0 Å². The van der Waals surface area contributed by atoms with E-state index in [-0.39, 0.29) is 5.82 Å². The van der Waals surface area contributed by atoms with Gasteiger partial charge in [0.1, 0.15) is 11.6 Å². The second-order valence-corrected chi connectivity index (χ2v) is 9.37. The molecule has 2 aromatic carbocycles. The third-order valence-corrected chi connectivity index (χ3v) is 7.15. The van der Waals surface area contributed by atoms with Crippen molar-refractivity contribution in [3.63, 3.8) is 0 Å². The number of fused-ring (bicyclic) bond motifs is 2. The molecule has 6 heteroatoms. The second-order valence-electron chi connectivity index (χ2n) is 8.94. The average Bonchev–Trinajstić information content (AvgIpc) is 3.52. The number of pyridine rings is 1. The molecule has 0 spiro atoms. The van der Waals surface area contributed by atoms with Crippen LogP contribution in [0.15, 0.2) is 48.7 Å². The molecular formula is C25H24ClFN4. The Bertz CT molecular complexity index is 1260. The van der Waals surface area contributed by atoms with E-state index in [0.29, 0.717) is 17.9 Å². The van der Waals surface area contributed by atoms with Gasteiger partial charge >= 0.3 is 0 Å². The van der Waals surface area contributed by atoms with E-state index in [2.05, 4.69) is 20.9 Å². The van der Waals surface area contributed by atoms with Gasteiger partial charge in [-0.2, -0.15) is 0 Å². The maximum absolute atomic E-state index is 13.9.